The maximum absolute atomic E-state index is 13.2. The van der Waals surface area contributed by atoms with E-state index in [9.17, 15) is 14.4 Å². The van der Waals surface area contributed by atoms with E-state index < -0.39 is 24.1 Å². The van der Waals surface area contributed by atoms with Crippen molar-refractivity contribution in [1.82, 2.24) is 0 Å². The third-order valence-corrected chi connectivity index (χ3v) is 5.70. The maximum atomic E-state index is 13.2. The predicted molar refractivity (Wildman–Crippen MR) is 128 cm³/mol. The van der Waals surface area contributed by atoms with E-state index in [2.05, 4.69) is 0 Å². The molecule has 0 N–H and O–H groups in total. The molecule has 0 saturated carbocycles. The van der Waals surface area contributed by atoms with Gasteiger partial charge in [0.15, 0.2) is 0 Å². The first kappa shape index (κ1) is 23.8. The normalized spacial score (nSPS) is 16.8. The average molecular weight is 475 g/mol. The van der Waals surface area contributed by atoms with Gasteiger partial charge in [0.25, 0.3) is 5.91 Å². The minimum absolute atomic E-state index is 0.230. The van der Waals surface area contributed by atoms with Crippen molar-refractivity contribution in [1.29, 1.82) is 0 Å². The molecule has 180 valence electrons. The van der Waals surface area contributed by atoms with Gasteiger partial charge in [-0.1, -0.05) is 12.1 Å². The Kier molecular flexibility index (Phi) is 7.01. The number of carbonyl (C=O) groups is 3. The van der Waals surface area contributed by atoms with Crippen LogP contribution in [0.4, 0.5) is 5.69 Å². The summed E-state index contributed by atoms with van der Waals surface area (Å²) in [5.74, 6) is 0.100. The zero-order valence-corrected chi connectivity index (χ0v) is 19.6. The molecule has 1 aliphatic rings. The summed E-state index contributed by atoms with van der Waals surface area (Å²) in [6.45, 7) is 2.02. The molecule has 3 aromatic carbocycles. The second-order valence-electron chi connectivity index (χ2n) is 7.75. The Hall–Kier alpha value is -4.33. The van der Waals surface area contributed by atoms with Crippen molar-refractivity contribution >= 4 is 23.5 Å². The monoisotopic (exact) mass is 475 g/mol. The minimum atomic E-state index is -0.780. The first-order valence-electron chi connectivity index (χ1n) is 11.1. The van der Waals surface area contributed by atoms with Crippen molar-refractivity contribution in [3.8, 4) is 11.5 Å². The molecule has 0 aromatic heterocycles. The number of rotatable bonds is 8. The Morgan fingerprint density at radius 2 is 1.37 bits per heavy atom. The summed E-state index contributed by atoms with van der Waals surface area (Å²) in [4.78, 5) is 38.7. The molecule has 0 spiro atoms. The minimum Gasteiger partial charge on any atom is -0.497 e. The third-order valence-electron chi connectivity index (χ3n) is 5.70. The Balaban J connectivity index is 1.64. The summed E-state index contributed by atoms with van der Waals surface area (Å²) >= 11 is 0. The molecule has 1 amide bonds. The lowest BCUT2D eigenvalue weighted by atomic mass is 9.89. The van der Waals surface area contributed by atoms with Gasteiger partial charge in [-0.05, 0) is 73.2 Å². The molecular weight excluding hydrogens is 450 g/mol. The van der Waals surface area contributed by atoms with Gasteiger partial charge in [0, 0.05) is 5.69 Å². The second-order valence-corrected chi connectivity index (χ2v) is 7.75. The molecule has 1 saturated heterocycles. The van der Waals surface area contributed by atoms with Gasteiger partial charge >= 0.3 is 11.9 Å². The van der Waals surface area contributed by atoms with Crippen LogP contribution < -0.4 is 14.4 Å². The van der Waals surface area contributed by atoms with E-state index in [-0.39, 0.29) is 12.5 Å². The molecule has 4 rings (SSSR count). The number of hydrogen-bond acceptors (Lipinski definition) is 7. The van der Waals surface area contributed by atoms with Crippen molar-refractivity contribution in [3.05, 3.63) is 89.5 Å². The van der Waals surface area contributed by atoms with Crippen LogP contribution in [0.1, 0.15) is 39.2 Å². The summed E-state index contributed by atoms with van der Waals surface area (Å²) < 4.78 is 21.1. The van der Waals surface area contributed by atoms with E-state index in [4.69, 9.17) is 18.9 Å². The Labute approximate surface area is 203 Å². The molecule has 8 nitrogen and oxygen atoms in total. The molecule has 1 aliphatic heterocycles. The number of carbonyl (C=O) groups excluding carboxylic acids is 3. The van der Waals surface area contributed by atoms with Crippen LogP contribution in [0.25, 0.3) is 0 Å². The van der Waals surface area contributed by atoms with Crippen LogP contribution >= 0.6 is 0 Å². The van der Waals surface area contributed by atoms with Gasteiger partial charge in [-0.2, -0.15) is 0 Å². The van der Waals surface area contributed by atoms with Crippen molar-refractivity contribution in [2.45, 2.75) is 19.1 Å². The number of nitrogens with zero attached hydrogens (tertiary/aromatic N) is 1. The fraction of sp³-hybridized carbons (Fsp3) is 0.222. The quantitative estimate of drug-likeness (QED) is 0.356. The summed E-state index contributed by atoms with van der Waals surface area (Å²) in [5.41, 5.74) is 2.19. The van der Waals surface area contributed by atoms with Crippen LogP contribution in [0.15, 0.2) is 72.8 Å². The molecule has 0 unspecified atom stereocenters. The van der Waals surface area contributed by atoms with Crippen LogP contribution in [-0.2, 0) is 14.3 Å². The lowest BCUT2D eigenvalue weighted by Gasteiger charge is -2.46. The zero-order chi connectivity index (χ0) is 24.9. The van der Waals surface area contributed by atoms with Gasteiger partial charge in [0.1, 0.15) is 17.5 Å². The number of esters is 2. The smallest absolute Gasteiger partial charge is 0.338 e. The predicted octanol–water partition coefficient (Wildman–Crippen LogP) is 4.19. The highest BCUT2D eigenvalue weighted by Crippen LogP contribution is 2.41. The number of ether oxygens (including phenoxy) is 4. The third kappa shape index (κ3) is 4.82. The molecule has 0 radical (unpaired) electrons. The maximum Gasteiger partial charge on any atom is 0.338 e. The van der Waals surface area contributed by atoms with E-state index in [1.54, 1.807) is 91.7 Å². The summed E-state index contributed by atoms with van der Waals surface area (Å²) in [7, 11) is 2.89. The molecule has 8 heteroatoms. The molecular formula is C27H25NO7. The number of amides is 1. The van der Waals surface area contributed by atoms with Gasteiger partial charge < -0.3 is 18.9 Å². The van der Waals surface area contributed by atoms with E-state index in [1.165, 1.54) is 7.11 Å². The van der Waals surface area contributed by atoms with E-state index >= 15 is 0 Å². The molecule has 1 heterocycles. The molecule has 3 aromatic rings. The summed E-state index contributed by atoms with van der Waals surface area (Å²) in [6.07, 6.45) is -0.780. The number of hydrogen-bond donors (Lipinski definition) is 0. The SMILES string of the molecule is CCOC(=O)c1ccc(N2C(=O)[C@@H](Oc3ccc(OC)cc3)[C@@H]2c2ccc(C(=O)OC)cc2)cc1. The highest BCUT2D eigenvalue weighted by atomic mass is 16.5. The standard InChI is InChI=1S/C27H25NO7/c1-4-34-27(31)19-9-11-20(12-10-19)28-23(17-5-7-18(8-6-17)26(30)33-3)24(25(28)29)35-22-15-13-21(32-2)14-16-22/h5-16,23-24H,4H2,1-3H3/t23-,24-/m0/s1. The first-order valence-corrected chi connectivity index (χ1v) is 11.1. The fourth-order valence-electron chi connectivity index (χ4n) is 3.90. The van der Waals surface area contributed by atoms with Crippen LogP contribution in [0.2, 0.25) is 0 Å². The molecule has 0 aliphatic carbocycles. The number of benzene rings is 3. The summed E-state index contributed by atoms with van der Waals surface area (Å²) in [5, 5.41) is 0. The molecule has 1 fully saturated rings. The van der Waals surface area contributed by atoms with Crippen LogP contribution in [0.3, 0.4) is 0 Å². The Morgan fingerprint density at radius 1 is 0.800 bits per heavy atom. The number of anilines is 1. The van der Waals surface area contributed by atoms with Gasteiger partial charge in [-0.15, -0.1) is 0 Å². The van der Waals surface area contributed by atoms with Gasteiger partial charge in [0.05, 0.1) is 32.0 Å². The lowest BCUT2D eigenvalue weighted by Crippen LogP contribution is -2.61. The van der Waals surface area contributed by atoms with Crippen LogP contribution in [0.5, 0.6) is 11.5 Å². The Morgan fingerprint density at radius 3 is 1.94 bits per heavy atom. The Bertz CT molecular complexity index is 1200. The van der Waals surface area contributed by atoms with Crippen molar-refractivity contribution < 1.29 is 33.3 Å². The van der Waals surface area contributed by atoms with E-state index in [0.717, 1.165) is 5.56 Å². The van der Waals surface area contributed by atoms with E-state index in [0.29, 0.717) is 28.3 Å². The van der Waals surface area contributed by atoms with Gasteiger partial charge in [0.2, 0.25) is 6.10 Å². The largest absolute Gasteiger partial charge is 0.497 e. The fourth-order valence-corrected chi connectivity index (χ4v) is 3.90. The highest BCUT2D eigenvalue weighted by molar-refractivity contribution is 6.05. The first-order chi connectivity index (χ1) is 17.0. The number of β-lactam (4-membered cyclic amide) rings is 1. The van der Waals surface area contributed by atoms with Crippen molar-refractivity contribution in [3.63, 3.8) is 0 Å². The van der Waals surface area contributed by atoms with Gasteiger partial charge in [-0.3, -0.25) is 9.69 Å². The zero-order valence-electron chi connectivity index (χ0n) is 19.6. The molecule has 2 atom stereocenters. The van der Waals surface area contributed by atoms with Crippen LogP contribution in [-0.4, -0.2) is 44.8 Å². The topological polar surface area (TPSA) is 91.4 Å². The summed E-state index contributed by atoms with van der Waals surface area (Å²) in [6, 6.07) is 20.0. The second kappa shape index (κ2) is 10.3. The van der Waals surface area contributed by atoms with Crippen molar-refractivity contribution in [2.24, 2.45) is 0 Å². The average Bonchev–Trinajstić information content (AvgIpc) is 2.90. The molecule has 35 heavy (non-hydrogen) atoms. The van der Waals surface area contributed by atoms with Crippen molar-refractivity contribution in [2.75, 3.05) is 25.7 Å². The molecule has 0 bridgehead atoms. The van der Waals surface area contributed by atoms with E-state index in [1.807, 2.05) is 0 Å². The lowest BCUT2D eigenvalue weighted by molar-refractivity contribution is -0.135. The number of methoxy groups -OCH3 is 2. The highest BCUT2D eigenvalue weighted by Gasteiger charge is 2.51. The van der Waals surface area contributed by atoms with Crippen LogP contribution in [0, 0.1) is 0 Å². The van der Waals surface area contributed by atoms with Gasteiger partial charge in [-0.25, -0.2) is 9.59 Å².